The molecule has 4 heteroatoms. The minimum absolute atomic E-state index is 0.120. The van der Waals surface area contributed by atoms with Gasteiger partial charge in [-0.3, -0.25) is 0 Å². The molecule has 0 unspecified atom stereocenters. The van der Waals surface area contributed by atoms with Crippen LogP contribution in [0.4, 0.5) is 0 Å². The molecule has 2 N–H and O–H groups in total. The highest BCUT2D eigenvalue weighted by atomic mass is 16.3. The van der Waals surface area contributed by atoms with Gasteiger partial charge >= 0.3 is 0 Å². The molecule has 0 fully saturated rings. The van der Waals surface area contributed by atoms with Crippen molar-refractivity contribution in [2.75, 3.05) is 0 Å². The van der Waals surface area contributed by atoms with Crippen molar-refractivity contribution in [2.24, 2.45) is 0 Å². The Morgan fingerprint density at radius 2 is 2.00 bits per heavy atom. The van der Waals surface area contributed by atoms with Crippen LogP contribution in [0.5, 0.6) is 0 Å². The first kappa shape index (κ1) is 11.1. The number of aliphatic hydroxyl groups is 2. The van der Waals surface area contributed by atoms with E-state index in [0.29, 0.717) is 12.4 Å². The predicted octanol–water partition coefficient (Wildman–Crippen LogP) is 1.30. The van der Waals surface area contributed by atoms with E-state index in [0.717, 1.165) is 11.0 Å². The highest BCUT2D eigenvalue weighted by Crippen LogP contribution is 2.19. The van der Waals surface area contributed by atoms with Crippen LogP contribution in [0.3, 0.4) is 0 Å². The van der Waals surface area contributed by atoms with Crippen LogP contribution in [0.1, 0.15) is 19.7 Å². The van der Waals surface area contributed by atoms with E-state index in [-0.39, 0.29) is 6.61 Å². The zero-order chi connectivity index (χ0) is 11.8. The summed E-state index contributed by atoms with van der Waals surface area (Å²) in [5, 5.41) is 19.1. The zero-order valence-corrected chi connectivity index (χ0v) is 9.51. The summed E-state index contributed by atoms with van der Waals surface area (Å²) in [5.41, 5.74) is 0.956. The Labute approximate surface area is 94.2 Å². The monoisotopic (exact) mass is 220 g/mol. The second kappa shape index (κ2) is 3.88. The molecule has 0 spiro atoms. The Balaban J connectivity index is 2.56. The van der Waals surface area contributed by atoms with Gasteiger partial charge in [-0.25, -0.2) is 4.98 Å². The summed E-state index contributed by atoms with van der Waals surface area (Å²) in [7, 11) is 0. The van der Waals surface area contributed by atoms with Gasteiger partial charge in [-0.05, 0) is 26.0 Å². The summed E-state index contributed by atoms with van der Waals surface area (Å²) in [6.07, 6.45) is 0. The van der Waals surface area contributed by atoms with Crippen LogP contribution in [-0.2, 0) is 13.2 Å². The minimum atomic E-state index is -0.826. The third kappa shape index (κ3) is 2.08. The van der Waals surface area contributed by atoms with Crippen molar-refractivity contribution in [3.63, 3.8) is 0 Å². The van der Waals surface area contributed by atoms with E-state index in [9.17, 15) is 10.2 Å². The molecular formula is C12H16N2O2. The lowest BCUT2D eigenvalue weighted by Crippen LogP contribution is -2.27. The number of aliphatic hydroxyl groups excluding tert-OH is 1. The second-order valence-electron chi connectivity index (χ2n) is 4.57. The van der Waals surface area contributed by atoms with Gasteiger partial charge in [0.25, 0.3) is 0 Å². The summed E-state index contributed by atoms with van der Waals surface area (Å²) in [5.74, 6) is 0.586. The first-order valence-corrected chi connectivity index (χ1v) is 5.28. The number of hydrogen-bond donors (Lipinski definition) is 2. The largest absolute Gasteiger partial charge is 0.389 e. The number of hydrogen-bond acceptors (Lipinski definition) is 3. The molecule has 2 aromatic rings. The van der Waals surface area contributed by atoms with Crippen LogP contribution < -0.4 is 0 Å². The maximum absolute atomic E-state index is 9.84. The summed E-state index contributed by atoms with van der Waals surface area (Å²) in [4.78, 5) is 4.32. The van der Waals surface area contributed by atoms with E-state index in [1.807, 2.05) is 28.8 Å². The highest BCUT2D eigenvalue weighted by molar-refractivity contribution is 5.75. The molecule has 86 valence electrons. The van der Waals surface area contributed by atoms with E-state index >= 15 is 0 Å². The Hall–Kier alpha value is -1.39. The molecule has 0 aliphatic heterocycles. The molecule has 0 aliphatic carbocycles. The van der Waals surface area contributed by atoms with E-state index in [4.69, 9.17) is 0 Å². The van der Waals surface area contributed by atoms with E-state index in [1.165, 1.54) is 0 Å². The number of imidazole rings is 1. The number of aromatic nitrogens is 2. The number of rotatable bonds is 3. The molecular weight excluding hydrogens is 204 g/mol. The van der Waals surface area contributed by atoms with Gasteiger partial charge in [0.05, 0.1) is 23.2 Å². The topological polar surface area (TPSA) is 58.3 Å². The van der Waals surface area contributed by atoms with Gasteiger partial charge in [-0.1, -0.05) is 12.1 Å². The van der Waals surface area contributed by atoms with Crippen molar-refractivity contribution < 1.29 is 10.2 Å². The number of fused-ring (bicyclic) bond motifs is 1. The fourth-order valence-electron chi connectivity index (χ4n) is 1.81. The van der Waals surface area contributed by atoms with E-state index < -0.39 is 5.60 Å². The minimum Gasteiger partial charge on any atom is -0.389 e. The van der Waals surface area contributed by atoms with Crippen molar-refractivity contribution in [2.45, 2.75) is 32.6 Å². The zero-order valence-electron chi connectivity index (χ0n) is 9.51. The van der Waals surface area contributed by atoms with Crippen LogP contribution in [0, 0.1) is 0 Å². The van der Waals surface area contributed by atoms with Gasteiger partial charge in [0, 0.05) is 0 Å². The molecule has 0 saturated heterocycles. The fraction of sp³-hybridized carbons (Fsp3) is 0.417. The average molecular weight is 220 g/mol. The van der Waals surface area contributed by atoms with E-state index in [2.05, 4.69) is 4.98 Å². The second-order valence-corrected chi connectivity index (χ2v) is 4.57. The smallest absolute Gasteiger partial charge is 0.135 e. The molecule has 1 aromatic carbocycles. The molecule has 0 aliphatic rings. The standard InChI is InChI=1S/C12H16N2O2/c1-12(2,16)8-14-10-6-4-3-5-9(10)13-11(14)7-15/h3-6,15-16H,7-8H2,1-2H3. The summed E-state index contributed by atoms with van der Waals surface area (Å²) >= 11 is 0. The normalized spacial score (nSPS) is 12.2. The van der Waals surface area contributed by atoms with Crippen molar-refractivity contribution in [1.82, 2.24) is 9.55 Å². The van der Waals surface area contributed by atoms with Crippen molar-refractivity contribution >= 4 is 11.0 Å². The van der Waals surface area contributed by atoms with Gasteiger partial charge in [0.1, 0.15) is 12.4 Å². The number of para-hydroxylation sites is 2. The Morgan fingerprint density at radius 1 is 1.31 bits per heavy atom. The third-order valence-corrected chi connectivity index (χ3v) is 2.42. The molecule has 1 heterocycles. The lowest BCUT2D eigenvalue weighted by Gasteiger charge is -2.19. The lowest BCUT2D eigenvalue weighted by atomic mass is 10.1. The van der Waals surface area contributed by atoms with Gasteiger partial charge in [0.15, 0.2) is 0 Å². The molecule has 0 amide bonds. The average Bonchev–Trinajstić information content (AvgIpc) is 2.55. The van der Waals surface area contributed by atoms with Gasteiger partial charge < -0.3 is 14.8 Å². The summed E-state index contributed by atoms with van der Waals surface area (Å²) < 4.78 is 1.86. The summed E-state index contributed by atoms with van der Waals surface area (Å²) in [6, 6.07) is 7.67. The van der Waals surface area contributed by atoms with Crippen LogP contribution in [0.15, 0.2) is 24.3 Å². The van der Waals surface area contributed by atoms with Crippen molar-refractivity contribution in [3.8, 4) is 0 Å². The molecule has 0 bridgehead atoms. The molecule has 16 heavy (non-hydrogen) atoms. The quantitative estimate of drug-likeness (QED) is 0.819. The van der Waals surface area contributed by atoms with Crippen LogP contribution >= 0.6 is 0 Å². The molecule has 1 aromatic heterocycles. The fourth-order valence-corrected chi connectivity index (χ4v) is 1.81. The molecule has 4 nitrogen and oxygen atoms in total. The van der Waals surface area contributed by atoms with Crippen LogP contribution in [-0.4, -0.2) is 25.4 Å². The Kier molecular flexibility index (Phi) is 2.69. The molecule has 0 radical (unpaired) electrons. The highest BCUT2D eigenvalue weighted by Gasteiger charge is 2.18. The van der Waals surface area contributed by atoms with Gasteiger partial charge in [-0.15, -0.1) is 0 Å². The SMILES string of the molecule is CC(C)(O)Cn1c(CO)nc2ccccc21. The number of benzene rings is 1. The molecule has 0 saturated carbocycles. The molecule has 0 atom stereocenters. The maximum atomic E-state index is 9.84. The van der Waals surface area contributed by atoms with Gasteiger partial charge in [0.2, 0.25) is 0 Å². The number of nitrogens with zero attached hydrogens (tertiary/aromatic N) is 2. The van der Waals surface area contributed by atoms with Crippen LogP contribution in [0.25, 0.3) is 11.0 Å². The van der Waals surface area contributed by atoms with Crippen LogP contribution in [0.2, 0.25) is 0 Å². The van der Waals surface area contributed by atoms with Crippen molar-refractivity contribution in [3.05, 3.63) is 30.1 Å². The van der Waals surface area contributed by atoms with E-state index in [1.54, 1.807) is 13.8 Å². The first-order chi connectivity index (χ1) is 7.51. The Morgan fingerprint density at radius 3 is 2.62 bits per heavy atom. The van der Waals surface area contributed by atoms with Gasteiger partial charge in [-0.2, -0.15) is 0 Å². The Bertz CT molecular complexity index is 497. The molecule has 2 rings (SSSR count). The third-order valence-electron chi connectivity index (χ3n) is 2.42. The first-order valence-electron chi connectivity index (χ1n) is 5.28. The lowest BCUT2D eigenvalue weighted by molar-refractivity contribution is 0.0606. The summed E-state index contributed by atoms with van der Waals surface area (Å²) in [6.45, 7) is 3.78. The predicted molar refractivity (Wildman–Crippen MR) is 62.0 cm³/mol. The van der Waals surface area contributed by atoms with Crippen molar-refractivity contribution in [1.29, 1.82) is 0 Å². The maximum Gasteiger partial charge on any atom is 0.135 e.